The molecule has 1 aromatic carbocycles. The molecule has 1 aliphatic heterocycles. The summed E-state index contributed by atoms with van der Waals surface area (Å²) in [5, 5.41) is 3.15. The molecule has 1 heterocycles. The summed E-state index contributed by atoms with van der Waals surface area (Å²) in [6.45, 7) is 1.21. The topological polar surface area (TPSA) is 64.4 Å². The maximum Gasteiger partial charge on any atom is 0.249 e. The van der Waals surface area contributed by atoms with E-state index in [0.29, 0.717) is 13.1 Å². The Bertz CT molecular complexity index is 497. The van der Waals surface area contributed by atoms with Gasteiger partial charge in [-0.1, -0.05) is 43.2 Å². The van der Waals surface area contributed by atoms with Crippen molar-refractivity contribution >= 4 is 5.91 Å². The first kappa shape index (κ1) is 15.5. The Morgan fingerprint density at radius 3 is 2.59 bits per heavy atom. The molecule has 2 atom stereocenters. The van der Waals surface area contributed by atoms with E-state index in [2.05, 4.69) is 29.6 Å². The van der Waals surface area contributed by atoms with Crippen molar-refractivity contribution in [3.05, 3.63) is 35.9 Å². The van der Waals surface area contributed by atoms with Gasteiger partial charge in [0, 0.05) is 18.5 Å². The lowest BCUT2D eigenvalue weighted by atomic mass is 9.79. The number of carbonyl (C=O) groups excluding carboxylic acids is 1. The molecule has 1 aromatic rings. The second-order valence-corrected chi connectivity index (χ2v) is 6.63. The van der Waals surface area contributed by atoms with Gasteiger partial charge in [-0.3, -0.25) is 4.79 Å². The highest BCUT2D eigenvalue weighted by molar-refractivity contribution is 5.81. The van der Waals surface area contributed by atoms with Crippen LogP contribution in [0, 0.1) is 0 Å². The van der Waals surface area contributed by atoms with Crippen LogP contribution in [0.25, 0.3) is 0 Å². The Morgan fingerprint density at radius 1 is 1.23 bits per heavy atom. The first-order valence-corrected chi connectivity index (χ1v) is 8.42. The van der Waals surface area contributed by atoms with E-state index in [-0.39, 0.29) is 23.5 Å². The summed E-state index contributed by atoms with van der Waals surface area (Å²) >= 11 is 0. The molecule has 0 spiro atoms. The summed E-state index contributed by atoms with van der Waals surface area (Å²) < 4.78 is 5.69. The Hall–Kier alpha value is -1.39. The van der Waals surface area contributed by atoms with Gasteiger partial charge >= 0.3 is 0 Å². The fraction of sp³-hybridized carbons (Fsp3) is 0.611. The molecule has 2 fully saturated rings. The highest BCUT2D eigenvalue weighted by Crippen LogP contribution is 2.40. The van der Waals surface area contributed by atoms with Gasteiger partial charge in [0.25, 0.3) is 0 Å². The minimum atomic E-state index is -0.317. The van der Waals surface area contributed by atoms with Gasteiger partial charge in [-0.15, -0.1) is 0 Å². The Balaban J connectivity index is 1.62. The van der Waals surface area contributed by atoms with E-state index >= 15 is 0 Å². The third-order valence-corrected chi connectivity index (χ3v) is 5.21. The van der Waals surface area contributed by atoms with E-state index in [4.69, 9.17) is 10.5 Å². The van der Waals surface area contributed by atoms with Gasteiger partial charge in [0.1, 0.15) is 6.10 Å². The minimum absolute atomic E-state index is 0.0261. The molecule has 1 amide bonds. The van der Waals surface area contributed by atoms with Crippen molar-refractivity contribution in [3.63, 3.8) is 0 Å². The van der Waals surface area contributed by atoms with Crippen molar-refractivity contribution in [2.75, 3.05) is 13.1 Å². The fourth-order valence-corrected chi connectivity index (χ4v) is 3.85. The molecule has 3 N–H and O–H groups in total. The van der Waals surface area contributed by atoms with Crippen molar-refractivity contribution in [2.45, 2.75) is 56.1 Å². The molecule has 4 nitrogen and oxygen atoms in total. The molecule has 0 unspecified atom stereocenters. The van der Waals surface area contributed by atoms with Gasteiger partial charge in [0.15, 0.2) is 0 Å². The molecule has 0 bridgehead atoms. The van der Waals surface area contributed by atoms with Gasteiger partial charge < -0.3 is 15.8 Å². The summed E-state index contributed by atoms with van der Waals surface area (Å²) in [5.74, 6) is 0.0261. The van der Waals surface area contributed by atoms with E-state index in [1.54, 1.807) is 0 Å². The van der Waals surface area contributed by atoms with Gasteiger partial charge in [-0.05, 0) is 31.2 Å². The second-order valence-electron chi connectivity index (χ2n) is 6.63. The average molecular weight is 302 g/mol. The van der Waals surface area contributed by atoms with E-state index in [9.17, 15) is 4.79 Å². The van der Waals surface area contributed by atoms with E-state index in [1.807, 2.05) is 6.07 Å². The van der Waals surface area contributed by atoms with Crippen LogP contribution >= 0.6 is 0 Å². The van der Waals surface area contributed by atoms with Crippen LogP contribution in [-0.4, -0.2) is 31.2 Å². The normalized spacial score (nSPS) is 27.0. The van der Waals surface area contributed by atoms with Crippen LogP contribution < -0.4 is 11.1 Å². The monoisotopic (exact) mass is 302 g/mol. The molecule has 0 aromatic heterocycles. The van der Waals surface area contributed by atoms with Gasteiger partial charge in [-0.2, -0.15) is 0 Å². The lowest BCUT2D eigenvalue weighted by Gasteiger charge is -2.30. The average Bonchev–Trinajstić information content (AvgIpc) is 3.23. The smallest absolute Gasteiger partial charge is 0.249 e. The van der Waals surface area contributed by atoms with Crippen LogP contribution in [0.2, 0.25) is 0 Å². The quantitative estimate of drug-likeness (QED) is 0.875. The number of amides is 1. The van der Waals surface area contributed by atoms with Crippen LogP contribution in [0.3, 0.4) is 0 Å². The first-order valence-electron chi connectivity index (χ1n) is 8.42. The molecule has 120 valence electrons. The Kier molecular flexibility index (Phi) is 4.79. The number of hydrogen-bond donors (Lipinski definition) is 2. The van der Waals surface area contributed by atoms with E-state index in [0.717, 1.165) is 25.7 Å². The number of hydrogen-bond acceptors (Lipinski definition) is 3. The summed E-state index contributed by atoms with van der Waals surface area (Å²) in [6.07, 6.45) is 6.17. The predicted octanol–water partition coefficient (Wildman–Crippen LogP) is 2.12. The zero-order chi connectivity index (χ0) is 15.4. The summed E-state index contributed by atoms with van der Waals surface area (Å²) in [6, 6.07) is 10.6. The maximum absolute atomic E-state index is 12.4. The van der Waals surface area contributed by atoms with Crippen molar-refractivity contribution in [3.8, 4) is 0 Å². The van der Waals surface area contributed by atoms with Crippen LogP contribution in [0.4, 0.5) is 0 Å². The lowest BCUT2D eigenvalue weighted by Crippen LogP contribution is -2.43. The number of carbonyl (C=O) groups is 1. The first-order chi connectivity index (χ1) is 10.7. The third kappa shape index (κ3) is 3.18. The van der Waals surface area contributed by atoms with Gasteiger partial charge in [0.2, 0.25) is 5.91 Å². The molecule has 1 aliphatic carbocycles. The Labute approximate surface area is 132 Å². The molecule has 1 saturated carbocycles. The molecule has 0 radical (unpaired) electrons. The van der Waals surface area contributed by atoms with Crippen LogP contribution in [0.1, 0.15) is 44.1 Å². The second kappa shape index (κ2) is 6.80. The number of benzene rings is 1. The third-order valence-electron chi connectivity index (χ3n) is 5.21. The van der Waals surface area contributed by atoms with Crippen molar-refractivity contribution in [2.24, 2.45) is 5.73 Å². The minimum Gasteiger partial charge on any atom is -0.364 e. The van der Waals surface area contributed by atoms with Crippen LogP contribution in [-0.2, 0) is 14.9 Å². The summed E-state index contributed by atoms with van der Waals surface area (Å²) in [7, 11) is 0. The van der Waals surface area contributed by atoms with Crippen molar-refractivity contribution in [1.82, 2.24) is 5.32 Å². The fourth-order valence-electron chi connectivity index (χ4n) is 3.85. The molecule has 22 heavy (non-hydrogen) atoms. The number of rotatable bonds is 5. The van der Waals surface area contributed by atoms with Crippen molar-refractivity contribution in [1.29, 1.82) is 0 Å². The van der Waals surface area contributed by atoms with Gasteiger partial charge in [-0.25, -0.2) is 0 Å². The summed E-state index contributed by atoms with van der Waals surface area (Å²) in [5.41, 5.74) is 7.06. The number of ether oxygens (including phenoxy) is 1. The summed E-state index contributed by atoms with van der Waals surface area (Å²) in [4.78, 5) is 12.4. The van der Waals surface area contributed by atoms with Crippen LogP contribution in [0.5, 0.6) is 0 Å². The molecule has 2 aliphatic rings. The van der Waals surface area contributed by atoms with E-state index in [1.165, 1.54) is 18.4 Å². The molecular weight excluding hydrogens is 276 g/mol. The largest absolute Gasteiger partial charge is 0.364 e. The molecule has 4 heteroatoms. The highest BCUT2D eigenvalue weighted by Gasteiger charge is 2.37. The number of nitrogens with two attached hydrogens (primary N) is 1. The zero-order valence-electron chi connectivity index (χ0n) is 13.1. The number of nitrogens with one attached hydrogen (secondary N) is 1. The molecular formula is C18H26N2O2. The Morgan fingerprint density at radius 2 is 1.95 bits per heavy atom. The predicted molar refractivity (Wildman–Crippen MR) is 86.5 cm³/mol. The lowest BCUT2D eigenvalue weighted by molar-refractivity contribution is -0.132. The van der Waals surface area contributed by atoms with Crippen LogP contribution in [0.15, 0.2) is 30.3 Å². The molecule has 3 rings (SSSR count). The standard InChI is InChI=1S/C18H26N2O2/c19-12-15-8-9-16(22-15)17(21)20-13-18(10-4-5-11-18)14-6-2-1-3-7-14/h1-3,6-7,15-16H,4-5,8-13,19H2,(H,20,21)/t15-,16+/m1/s1. The van der Waals surface area contributed by atoms with Crippen molar-refractivity contribution < 1.29 is 9.53 Å². The SMILES string of the molecule is NC[C@H]1CC[C@@H](C(=O)NCC2(c3ccccc3)CCCC2)O1. The van der Waals surface area contributed by atoms with E-state index < -0.39 is 0 Å². The highest BCUT2D eigenvalue weighted by atomic mass is 16.5. The van der Waals surface area contributed by atoms with Gasteiger partial charge in [0.05, 0.1) is 6.10 Å². The zero-order valence-corrected chi connectivity index (χ0v) is 13.1. The molecule has 1 saturated heterocycles. The maximum atomic E-state index is 12.4.